The third-order valence-corrected chi connectivity index (χ3v) is 5.81. The van der Waals surface area contributed by atoms with Gasteiger partial charge >= 0.3 is 0 Å². The molecule has 2 fully saturated rings. The summed E-state index contributed by atoms with van der Waals surface area (Å²) >= 11 is 0. The van der Waals surface area contributed by atoms with Gasteiger partial charge in [0.05, 0.1) is 24.5 Å². The zero-order chi connectivity index (χ0) is 21.8. The van der Waals surface area contributed by atoms with Gasteiger partial charge in [-0.15, -0.1) is 0 Å². The van der Waals surface area contributed by atoms with E-state index in [2.05, 4.69) is 9.88 Å². The van der Waals surface area contributed by atoms with Gasteiger partial charge in [0.25, 0.3) is 11.7 Å². The second-order valence-corrected chi connectivity index (χ2v) is 7.92. The lowest BCUT2D eigenvalue weighted by Crippen LogP contribution is -2.39. The van der Waals surface area contributed by atoms with E-state index in [1.54, 1.807) is 35.4 Å². The molecule has 7 nitrogen and oxygen atoms in total. The van der Waals surface area contributed by atoms with E-state index in [1.165, 1.54) is 0 Å². The van der Waals surface area contributed by atoms with Crippen LogP contribution in [0.15, 0.2) is 54.2 Å². The van der Waals surface area contributed by atoms with Crippen LogP contribution < -0.4 is 0 Å². The number of hydrogen-bond donors (Lipinski definition) is 1. The van der Waals surface area contributed by atoms with Crippen molar-refractivity contribution in [3.05, 3.63) is 71.1 Å². The number of aliphatic hydroxyl groups excluding tert-OH is 1. The Balaban J connectivity index is 1.64. The zero-order valence-electron chi connectivity index (χ0n) is 17.7. The van der Waals surface area contributed by atoms with Crippen molar-refractivity contribution in [3.8, 4) is 0 Å². The molecule has 4 rings (SSSR count). The summed E-state index contributed by atoms with van der Waals surface area (Å²) in [6.07, 6.45) is 2.36. The van der Waals surface area contributed by atoms with E-state index in [9.17, 15) is 14.7 Å². The van der Waals surface area contributed by atoms with Crippen LogP contribution in [0.2, 0.25) is 0 Å². The second-order valence-electron chi connectivity index (χ2n) is 7.92. The summed E-state index contributed by atoms with van der Waals surface area (Å²) in [6.45, 7) is 6.36. The fraction of sp³-hybridized carbons (Fsp3) is 0.375. The van der Waals surface area contributed by atoms with E-state index >= 15 is 0 Å². The summed E-state index contributed by atoms with van der Waals surface area (Å²) in [6, 6.07) is 11.9. The topological polar surface area (TPSA) is 83.0 Å². The SMILES string of the molecule is Cc1ccc(C(O)=C2C(=O)C(=O)N(CCCN3CCOCC3)[C@@H]2c2ccccn2)cc1. The quantitative estimate of drug-likeness (QED) is 0.439. The Morgan fingerprint density at radius 1 is 1.10 bits per heavy atom. The summed E-state index contributed by atoms with van der Waals surface area (Å²) in [5, 5.41) is 11.0. The number of ether oxygens (including phenoxy) is 1. The molecule has 0 saturated carbocycles. The molecule has 2 saturated heterocycles. The van der Waals surface area contributed by atoms with Crippen molar-refractivity contribution in [1.29, 1.82) is 0 Å². The minimum atomic E-state index is -0.702. The maximum atomic E-state index is 13.0. The minimum absolute atomic E-state index is 0.0962. The Labute approximate surface area is 182 Å². The van der Waals surface area contributed by atoms with E-state index in [1.807, 2.05) is 25.1 Å². The van der Waals surface area contributed by atoms with Crippen LogP contribution in [0.3, 0.4) is 0 Å². The lowest BCUT2D eigenvalue weighted by molar-refractivity contribution is -0.140. The molecule has 0 aliphatic carbocycles. The predicted molar refractivity (Wildman–Crippen MR) is 116 cm³/mol. The van der Waals surface area contributed by atoms with Gasteiger partial charge in [0.15, 0.2) is 0 Å². The highest BCUT2D eigenvalue weighted by molar-refractivity contribution is 6.46. The number of carbonyl (C=O) groups is 2. The number of benzene rings is 1. The first kappa shape index (κ1) is 21.2. The van der Waals surface area contributed by atoms with Crippen molar-refractivity contribution < 1.29 is 19.4 Å². The fourth-order valence-electron chi connectivity index (χ4n) is 4.11. The van der Waals surface area contributed by atoms with Crippen LogP contribution in [-0.2, 0) is 14.3 Å². The molecule has 2 aliphatic heterocycles. The molecule has 31 heavy (non-hydrogen) atoms. The monoisotopic (exact) mass is 421 g/mol. The number of carbonyl (C=O) groups excluding carboxylic acids is 2. The second kappa shape index (κ2) is 9.41. The normalized spacial score (nSPS) is 21.6. The molecule has 1 N–H and O–H groups in total. The predicted octanol–water partition coefficient (Wildman–Crippen LogP) is 2.53. The highest BCUT2D eigenvalue weighted by Gasteiger charge is 2.46. The highest BCUT2D eigenvalue weighted by Crippen LogP contribution is 2.38. The molecule has 1 amide bonds. The molecule has 1 atom stereocenters. The maximum Gasteiger partial charge on any atom is 0.295 e. The average molecular weight is 421 g/mol. The van der Waals surface area contributed by atoms with Crippen LogP contribution in [0.1, 0.15) is 29.3 Å². The van der Waals surface area contributed by atoms with Gasteiger partial charge in [0.1, 0.15) is 11.8 Å². The number of hydrogen-bond acceptors (Lipinski definition) is 6. The van der Waals surface area contributed by atoms with Gasteiger partial charge in [0, 0.05) is 37.9 Å². The van der Waals surface area contributed by atoms with Crippen molar-refractivity contribution in [1.82, 2.24) is 14.8 Å². The first-order valence-electron chi connectivity index (χ1n) is 10.6. The van der Waals surface area contributed by atoms with Crippen molar-refractivity contribution in [3.63, 3.8) is 0 Å². The number of Topliss-reactive ketones (excluding diaryl/α,β-unsaturated/α-hetero) is 1. The number of aliphatic hydroxyl groups is 1. The van der Waals surface area contributed by atoms with E-state index in [4.69, 9.17) is 4.74 Å². The number of nitrogens with zero attached hydrogens (tertiary/aromatic N) is 3. The summed E-state index contributed by atoms with van der Waals surface area (Å²) in [5.74, 6) is -1.42. The van der Waals surface area contributed by atoms with E-state index < -0.39 is 17.7 Å². The van der Waals surface area contributed by atoms with Gasteiger partial charge in [-0.05, 0) is 25.5 Å². The molecule has 2 aliphatic rings. The Hall–Kier alpha value is -3.03. The molecule has 3 heterocycles. The van der Waals surface area contributed by atoms with E-state index in [0.717, 1.165) is 44.8 Å². The third-order valence-electron chi connectivity index (χ3n) is 5.81. The molecule has 1 aromatic heterocycles. The Morgan fingerprint density at radius 3 is 2.52 bits per heavy atom. The van der Waals surface area contributed by atoms with Crippen LogP contribution in [0.25, 0.3) is 5.76 Å². The molecule has 2 aromatic rings. The summed E-state index contributed by atoms with van der Waals surface area (Å²) < 4.78 is 5.38. The first-order valence-corrected chi connectivity index (χ1v) is 10.6. The van der Waals surface area contributed by atoms with Crippen molar-refractivity contribution in [2.45, 2.75) is 19.4 Å². The smallest absolute Gasteiger partial charge is 0.295 e. The molecule has 0 unspecified atom stereocenters. The van der Waals surface area contributed by atoms with Crippen molar-refractivity contribution in [2.75, 3.05) is 39.4 Å². The first-order chi connectivity index (χ1) is 15.1. The summed E-state index contributed by atoms with van der Waals surface area (Å²) in [4.78, 5) is 34.2. The summed E-state index contributed by atoms with van der Waals surface area (Å²) in [7, 11) is 0. The Kier molecular flexibility index (Phi) is 6.44. The van der Waals surface area contributed by atoms with Gasteiger partial charge in [-0.3, -0.25) is 19.5 Å². The molecule has 162 valence electrons. The van der Waals surface area contributed by atoms with Crippen LogP contribution in [0.4, 0.5) is 0 Å². The lowest BCUT2D eigenvalue weighted by atomic mass is 9.98. The maximum absolute atomic E-state index is 13.0. The molecular weight excluding hydrogens is 394 g/mol. The zero-order valence-corrected chi connectivity index (χ0v) is 17.7. The van der Waals surface area contributed by atoms with E-state index in [-0.39, 0.29) is 11.3 Å². The molecule has 7 heteroatoms. The number of aryl methyl sites for hydroxylation is 1. The Morgan fingerprint density at radius 2 is 1.84 bits per heavy atom. The third kappa shape index (κ3) is 4.52. The van der Waals surface area contributed by atoms with Gasteiger partial charge in [-0.25, -0.2) is 0 Å². The van der Waals surface area contributed by atoms with Gasteiger partial charge < -0.3 is 14.7 Å². The number of ketones is 1. The number of rotatable bonds is 6. The number of morpholine rings is 1. The van der Waals surface area contributed by atoms with Gasteiger partial charge in [-0.2, -0.15) is 0 Å². The number of aromatic nitrogens is 1. The van der Waals surface area contributed by atoms with Crippen LogP contribution in [-0.4, -0.2) is 71.0 Å². The molecule has 0 bridgehead atoms. The van der Waals surface area contributed by atoms with Gasteiger partial charge in [0.2, 0.25) is 0 Å². The van der Waals surface area contributed by atoms with E-state index in [0.29, 0.717) is 17.8 Å². The van der Waals surface area contributed by atoms with Crippen molar-refractivity contribution in [2.24, 2.45) is 0 Å². The van der Waals surface area contributed by atoms with Gasteiger partial charge in [-0.1, -0.05) is 35.9 Å². The van der Waals surface area contributed by atoms with Crippen molar-refractivity contribution >= 4 is 17.4 Å². The van der Waals surface area contributed by atoms with Crippen LogP contribution in [0.5, 0.6) is 0 Å². The largest absolute Gasteiger partial charge is 0.507 e. The minimum Gasteiger partial charge on any atom is -0.507 e. The highest BCUT2D eigenvalue weighted by atomic mass is 16.5. The molecule has 0 radical (unpaired) electrons. The molecule has 0 spiro atoms. The summed E-state index contributed by atoms with van der Waals surface area (Å²) in [5.41, 5.74) is 2.22. The van der Waals surface area contributed by atoms with Crippen LogP contribution in [0, 0.1) is 6.92 Å². The molecular formula is C24H27N3O4. The van der Waals surface area contributed by atoms with Crippen LogP contribution >= 0.6 is 0 Å². The number of amides is 1. The number of pyridine rings is 1. The Bertz CT molecular complexity index is 966. The average Bonchev–Trinajstić information content (AvgIpc) is 3.05. The molecule has 1 aromatic carbocycles. The number of likely N-dealkylation sites (tertiary alicyclic amines) is 1. The lowest BCUT2D eigenvalue weighted by Gasteiger charge is -2.28. The standard InChI is InChI=1S/C24H27N3O4/c1-17-6-8-18(9-7-17)22(28)20-21(19-5-2-3-10-25-19)27(24(30)23(20)29)12-4-11-26-13-15-31-16-14-26/h2-3,5-10,21,28H,4,11-16H2,1H3/t21-/m1/s1. The fourth-order valence-corrected chi connectivity index (χ4v) is 4.11.